The maximum Gasteiger partial charge on any atom is 0.328 e. The number of hydrogen-bond donors (Lipinski definition) is 4. The van der Waals surface area contributed by atoms with Crippen LogP contribution in [0.5, 0.6) is 0 Å². The number of nitrogens with zero attached hydrogens (tertiary/aromatic N) is 1. The Balaban J connectivity index is 2.47. The van der Waals surface area contributed by atoms with Gasteiger partial charge in [-0.3, -0.25) is 14.3 Å². The summed E-state index contributed by atoms with van der Waals surface area (Å²) < 4.78 is 6.39. The molecule has 4 atom stereocenters. The van der Waals surface area contributed by atoms with Crippen LogP contribution in [0.2, 0.25) is 0 Å². The average Bonchev–Trinajstić information content (AvgIpc) is 2.70. The Morgan fingerprint density at radius 1 is 1.32 bits per heavy atom. The standard InChI is InChI=1S/C11H16N2O6/c1-5-2-13(11(18)12-10(5)17)8-6(3-14)19-7(4-15)9(8)16/h2,6-9,14-16H,3-4H2,1H3,(H,12,17,18)/t6-,7-,8-,9-/m0/s1. The zero-order chi connectivity index (χ0) is 14.2. The number of rotatable bonds is 3. The lowest BCUT2D eigenvalue weighted by Gasteiger charge is -2.21. The molecular weight excluding hydrogens is 256 g/mol. The molecule has 0 radical (unpaired) electrons. The molecule has 0 aromatic carbocycles. The Labute approximate surface area is 107 Å². The molecule has 2 rings (SSSR count). The lowest BCUT2D eigenvalue weighted by molar-refractivity contribution is -0.0362. The summed E-state index contributed by atoms with van der Waals surface area (Å²) in [7, 11) is 0. The largest absolute Gasteiger partial charge is 0.394 e. The third-order valence-electron chi connectivity index (χ3n) is 3.29. The number of H-pyrrole nitrogens is 1. The SMILES string of the molecule is Cc1cn([C@@H]2[C@@H](O)[C@H](CO)O[C@H]2CO)c(=O)[nH]c1=O. The fourth-order valence-corrected chi connectivity index (χ4v) is 2.28. The number of aliphatic hydroxyl groups excluding tert-OH is 3. The monoisotopic (exact) mass is 272 g/mol. The van der Waals surface area contributed by atoms with Gasteiger partial charge in [0.1, 0.15) is 18.3 Å². The predicted octanol–water partition coefficient (Wildman–Crippen LogP) is -2.50. The van der Waals surface area contributed by atoms with E-state index < -0.39 is 48.8 Å². The van der Waals surface area contributed by atoms with Gasteiger partial charge in [-0.25, -0.2) is 4.79 Å². The molecule has 4 N–H and O–H groups in total. The van der Waals surface area contributed by atoms with Crippen LogP contribution in [0, 0.1) is 6.92 Å². The van der Waals surface area contributed by atoms with E-state index in [0.29, 0.717) is 5.56 Å². The fraction of sp³-hybridized carbons (Fsp3) is 0.636. The Morgan fingerprint density at radius 2 is 1.95 bits per heavy atom. The molecule has 0 aliphatic carbocycles. The first-order valence-corrected chi connectivity index (χ1v) is 5.87. The van der Waals surface area contributed by atoms with Gasteiger partial charge in [0, 0.05) is 11.8 Å². The van der Waals surface area contributed by atoms with Crippen molar-refractivity contribution in [1.29, 1.82) is 0 Å². The van der Waals surface area contributed by atoms with Crippen LogP contribution in [-0.4, -0.2) is 56.4 Å². The molecule has 0 unspecified atom stereocenters. The van der Waals surface area contributed by atoms with Crippen molar-refractivity contribution in [3.63, 3.8) is 0 Å². The zero-order valence-corrected chi connectivity index (χ0v) is 10.3. The van der Waals surface area contributed by atoms with E-state index in [2.05, 4.69) is 4.98 Å². The lowest BCUT2D eigenvalue weighted by Crippen LogP contribution is -2.41. The summed E-state index contributed by atoms with van der Waals surface area (Å²) in [6.45, 7) is 0.683. The van der Waals surface area contributed by atoms with Gasteiger partial charge in [-0.1, -0.05) is 0 Å². The van der Waals surface area contributed by atoms with Crippen molar-refractivity contribution in [2.45, 2.75) is 31.3 Å². The number of aliphatic hydroxyl groups is 3. The smallest absolute Gasteiger partial charge is 0.328 e. The number of aromatic amines is 1. The molecule has 1 fully saturated rings. The van der Waals surface area contributed by atoms with Crippen molar-refractivity contribution >= 4 is 0 Å². The van der Waals surface area contributed by atoms with Gasteiger partial charge in [-0.15, -0.1) is 0 Å². The van der Waals surface area contributed by atoms with Crippen molar-refractivity contribution in [2.24, 2.45) is 0 Å². The van der Waals surface area contributed by atoms with Crippen molar-refractivity contribution in [2.75, 3.05) is 13.2 Å². The van der Waals surface area contributed by atoms with Gasteiger partial charge in [-0.2, -0.15) is 0 Å². The number of aromatic nitrogens is 2. The first kappa shape index (κ1) is 13.9. The summed E-state index contributed by atoms with van der Waals surface area (Å²) in [4.78, 5) is 25.2. The Hall–Kier alpha value is -1.48. The molecule has 1 aromatic rings. The molecule has 0 amide bonds. The Kier molecular flexibility index (Phi) is 3.85. The number of aryl methyl sites for hydroxylation is 1. The van der Waals surface area contributed by atoms with E-state index >= 15 is 0 Å². The topological polar surface area (TPSA) is 125 Å². The molecule has 1 aliphatic rings. The van der Waals surface area contributed by atoms with E-state index in [1.807, 2.05) is 0 Å². The summed E-state index contributed by atoms with van der Waals surface area (Å²) in [6, 6.07) is -0.856. The van der Waals surface area contributed by atoms with E-state index in [4.69, 9.17) is 9.84 Å². The lowest BCUT2D eigenvalue weighted by atomic mass is 10.0. The minimum atomic E-state index is -1.15. The normalized spacial score (nSPS) is 30.7. The van der Waals surface area contributed by atoms with Gasteiger partial charge in [0.15, 0.2) is 0 Å². The minimum absolute atomic E-state index is 0.302. The maximum absolute atomic E-state index is 11.8. The second-order valence-electron chi connectivity index (χ2n) is 4.54. The number of hydrogen-bond acceptors (Lipinski definition) is 6. The molecule has 0 bridgehead atoms. The van der Waals surface area contributed by atoms with Crippen molar-refractivity contribution in [1.82, 2.24) is 9.55 Å². The van der Waals surface area contributed by atoms with E-state index in [0.717, 1.165) is 4.57 Å². The first-order chi connectivity index (χ1) is 8.99. The number of nitrogens with one attached hydrogen (secondary N) is 1. The molecular formula is C11H16N2O6. The Morgan fingerprint density at radius 3 is 2.53 bits per heavy atom. The molecule has 1 aromatic heterocycles. The van der Waals surface area contributed by atoms with Gasteiger partial charge in [-0.05, 0) is 6.92 Å². The molecule has 0 spiro atoms. The Bertz CT molecular complexity index is 563. The highest BCUT2D eigenvalue weighted by molar-refractivity contribution is 5.05. The van der Waals surface area contributed by atoms with Crippen LogP contribution in [0.4, 0.5) is 0 Å². The second-order valence-corrected chi connectivity index (χ2v) is 4.54. The summed E-state index contributed by atoms with van der Waals surface area (Å²) in [5.74, 6) is 0. The minimum Gasteiger partial charge on any atom is -0.394 e. The van der Waals surface area contributed by atoms with Gasteiger partial charge in [0.25, 0.3) is 5.56 Å². The molecule has 1 saturated heterocycles. The van der Waals surface area contributed by atoms with Gasteiger partial charge >= 0.3 is 5.69 Å². The first-order valence-electron chi connectivity index (χ1n) is 5.87. The van der Waals surface area contributed by atoms with E-state index in [-0.39, 0.29) is 0 Å². The quantitative estimate of drug-likeness (QED) is 0.482. The van der Waals surface area contributed by atoms with Crippen LogP contribution in [-0.2, 0) is 4.74 Å². The molecule has 0 saturated carbocycles. The fourth-order valence-electron chi connectivity index (χ4n) is 2.28. The van der Waals surface area contributed by atoms with Gasteiger partial charge in [0.05, 0.1) is 19.3 Å². The molecule has 1 aliphatic heterocycles. The molecule has 106 valence electrons. The third kappa shape index (κ3) is 2.35. The summed E-state index contributed by atoms with van der Waals surface area (Å²) >= 11 is 0. The number of ether oxygens (including phenoxy) is 1. The van der Waals surface area contributed by atoms with Crippen molar-refractivity contribution < 1.29 is 20.1 Å². The van der Waals surface area contributed by atoms with Crippen molar-refractivity contribution in [3.05, 3.63) is 32.6 Å². The third-order valence-corrected chi connectivity index (χ3v) is 3.29. The van der Waals surface area contributed by atoms with E-state index in [1.165, 1.54) is 13.1 Å². The average molecular weight is 272 g/mol. The molecule has 2 heterocycles. The predicted molar refractivity (Wildman–Crippen MR) is 63.9 cm³/mol. The second kappa shape index (κ2) is 5.25. The molecule has 8 nitrogen and oxygen atoms in total. The summed E-state index contributed by atoms with van der Waals surface area (Å²) in [6.07, 6.45) is -1.54. The van der Waals surface area contributed by atoms with Crippen LogP contribution in [0.1, 0.15) is 11.6 Å². The van der Waals surface area contributed by atoms with Gasteiger partial charge < -0.3 is 20.1 Å². The van der Waals surface area contributed by atoms with E-state index in [1.54, 1.807) is 0 Å². The van der Waals surface area contributed by atoms with Crippen LogP contribution in [0.15, 0.2) is 15.8 Å². The summed E-state index contributed by atoms with van der Waals surface area (Å²) in [5, 5.41) is 28.3. The van der Waals surface area contributed by atoms with E-state index in [9.17, 15) is 19.8 Å². The summed E-state index contributed by atoms with van der Waals surface area (Å²) in [5.41, 5.74) is -0.898. The highest BCUT2D eigenvalue weighted by atomic mass is 16.5. The van der Waals surface area contributed by atoms with Crippen LogP contribution >= 0.6 is 0 Å². The molecule has 19 heavy (non-hydrogen) atoms. The highest BCUT2D eigenvalue weighted by Gasteiger charge is 2.44. The van der Waals surface area contributed by atoms with Crippen LogP contribution in [0.25, 0.3) is 0 Å². The highest BCUT2D eigenvalue weighted by Crippen LogP contribution is 2.29. The van der Waals surface area contributed by atoms with Gasteiger partial charge in [0.2, 0.25) is 0 Å². The van der Waals surface area contributed by atoms with Crippen LogP contribution in [0.3, 0.4) is 0 Å². The zero-order valence-electron chi connectivity index (χ0n) is 10.3. The van der Waals surface area contributed by atoms with Crippen LogP contribution < -0.4 is 11.2 Å². The maximum atomic E-state index is 11.8. The molecule has 8 heteroatoms. The van der Waals surface area contributed by atoms with Crippen molar-refractivity contribution in [3.8, 4) is 0 Å².